The Labute approximate surface area is 247 Å². The molecule has 1 aliphatic rings. The van der Waals surface area contributed by atoms with E-state index in [0.29, 0.717) is 34.7 Å². The van der Waals surface area contributed by atoms with Gasteiger partial charge in [0.2, 0.25) is 5.91 Å². The molecule has 5 rings (SSSR count). The van der Waals surface area contributed by atoms with Gasteiger partial charge in [-0.2, -0.15) is 0 Å². The van der Waals surface area contributed by atoms with Gasteiger partial charge in [0.1, 0.15) is 0 Å². The van der Waals surface area contributed by atoms with Crippen LogP contribution in [0.4, 0.5) is 11.4 Å². The molecule has 182 valence electrons. The summed E-state index contributed by atoms with van der Waals surface area (Å²) >= 11 is 16.5. The van der Waals surface area contributed by atoms with E-state index in [2.05, 4.69) is 74.0 Å². The van der Waals surface area contributed by atoms with Crippen LogP contribution in [0.5, 0.6) is 0 Å². The van der Waals surface area contributed by atoms with Crippen molar-refractivity contribution in [1.29, 1.82) is 0 Å². The topological polar surface area (TPSA) is 79.4 Å². The van der Waals surface area contributed by atoms with E-state index >= 15 is 0 Å². The van der Waals surface area contributed by atoms with Crippen LogP contribution in [0.15, 0.2) is 64.7 Å². The van der Waals surface area contributed by atoms with E-state index < -0.39 is 11.8 Å². The second-order valence-corrected chi connectivity index (χ2v) is 13.2. The fraction of sp³-hybridized carbons (Fsp3) is 0.0833. The number of hydrogen-bond acceptors (Lipinski definition) is 6. The van der Waals surface area contributed by atoms with Crippen molar-refractivity contribution >= 4 is 126 Å². The highest BCUT2D eigenvalue weighted by molar-refractivity contribution is 9.15. The molecule has 36 heavy (non-hydrogen) atoms. The monoisotopic (exact) mass is 771 g/mol. The molecule has 2 heterocycles. The van der Waals surface area contributed by atoms with Crippen LogP contribution in [-0.4, -0.2) is 28.5 Å². The first-order valence-corrected chi connectivity index (χ1v) is 15.3. The molecule has 3 aromatic carbocycles. The van der Waals surface area contributed by atoms with Crippen molar-refractivity contribution in [2.24, 2.45) is 0 Å². The maximum Gasteiger partial charge on any atom is 0.267 e. The Bertz CT molecular complexity index is 1560. The van der Waals surface area contributed by atoms with Gasteiger partial charge in [0.05, 0.1) is 32.8 Å². The van der Waals surface area contributed by atoms with Gasteiger partial charge in [-0.3, -0.25) is 14.4 Å². The van der Waals surface area contributed by atoms with Gasteiger partial charge in [-0.15, -0.1) is 11.3 Å². The number of thiazole rings is 1. The summed E-state index contributed by atoms with van der Waals surface area (Å²) in [6.07, 6.45) is 0. The van der Waals surface area contributed by atoms with Crippen molar-refractivity contribution in [1.82, 2.24) is 4.98 Å². The maximum atomic E-state index is 13.3. The number of hydrogen-bond donors (Lipinski definition) is 1. The molecule has 1 aromatic heterocycles. The van der Waals surface area contributed by atoms with Crippen molar-refractivity contribution in [3.05, 3.63) is 77.0 Å². The second-order valence-electron chi connectivity index (χ2n) is 7.74. The number of fused-ring (bicyclic) bond motifs is 2. The molecule has 0 atom stereocenters. The van der Waals surface area contributed by atoms with E-state index in [-0.39, 0.29) is 11.7 Å². The summed E-state index contributed by atoms with van der Waals surface area (Å²) in [4.78, 5) is 44.8. The summed E-state index contributed by atoms with van der Waals surface area (Å²) in [5.41, 5.74) is 3.56. The van der Waals surface area contributed by atoms with Crippen LogP contribution in [0.3, 0.4) is 0 Å². The number of aryl methyl sites for hydroxylation is 1. The van der Waals surface area contributed by atoms with E-state index in [9.17, 15) is 14.4 Å². The van der Waals surface area contributed by atoms with Crippen LogP contribution in [0, 0.1) is 6.92 Å². The molecule has 0 radical (unpaired) electrons. The lowest BCUT2D eigenvalue weighted by Gasteiger charge is -2.13. The molecule has 0 spiro atoms. The quantitative estimate of drug-likeness (QED) is 0.0959. The molecular formula is C24H13Br4N3O3S2. The number of para-hydroxylation sites is 1. The maximum absolute atomic E-state index is 13.3. The molecule has 1 N–H and O–H groups in total. The normalized spacial score (nSPS) is 13.0. The molecule has 0 saturated heterocycles. The zero-order valence-corrected chi connectivity index (χ0v) is 26.2. The number of nitrogens with zero attached hydrogens (tertiary/aromatic N) is 2. The van der Waals surface area contributed by atoms with Crippen molar-refractivity contribution in [3.63, 3.8) is 0 Å². The average Bonchev–Trinajstić information content (AvgIpc) is 3.38. The van der Waals surface area contributed by atoms with Crippen LogP contribution in [-0.2, 0) is 4.79 Å². The van der Waals surface area contributed by atoms with Crippen LogP contribution >= 0.6 is 86.8 Å². The summed E-state index contributed by atoms with van der Waals surface area (Å²) in [5.74, 6) is -0.733. The molecule has 6 nitrogen and oxygen atoms in total. The van der Waals surface area contributed by atoms with E-state index in [4.69, 9.17) is 0 Å². The number of anilines is 2. The Balaban J connectivity index is 1.37. The number of aromatic nitrogens is 1. The Morgan fingerprint density at radius 2 is 1.61 bits per heavy atom. The van der Waals surface area contributed by atoms with Crippen molar-refractivity contribution < 1.29 is 14.4 Å². The smallest absolute Gasteiger partial charge is 0.267 e. The lowest BCUT2D eigenvalue weighted by molar-refractivity contribution is -0.113. The Morgan fingerprint density at radius 1 is 0.972 bits per heavy atom. The predicted molar refractivity (Wildman–Crippen MR) is 159 cm³/mol. The van der Waals surface area contributed by atoms with Crippen LogP contribution in [0.1, 0.15) is 26.3 Å². The van der Waals surface area contributed by atoms with E-state index in [1.807, 2.05) is 31.2 Å². The highest BCUT2D eigenvalue weighted by Crippen LogP contribution is 2.46. The summed E-state index contributed by atoms with van der Waals surface area (Å²) in [6.45, 7) is 1.94. The minimum atomic E-state index is -0.415. The summed E-state index contributed by atoms with van der Waals surface area (Å²) in [6, 6.07) is 12.9. The van der Waals surface area contributed by atoms with E-state index in [1.165, 1.54) is 28.0 Å². The molecule has 0 bridgehead atoms. The van der Waals surface area contributed by atoms with Crippen LogP contribution < -0.4 is 10.2 Å². The van der Waals surface area contributed by atoms with Gasteiger partial charge >= 0.3 is 0 Å². The Hall–Kier alpha value is -1.57. The van der Waals surface area contributed by atoms with Crippen molar-refractivity contribution in [2.75, 3.05) is 16.0 Å². The first-order valence-electron chi connectivity index (χ1n) is 10.3. The Morgan fingerprint density at radius 3 is 2.25 bits per heavy atom. The predicted octanol–water partition coefficient (Wildman–Crippen LogP) is 8.19. The fourth-order valence-corrected chi connectivity index (χ4v) is 8.06. The number of rotatable bonds is 5. The van der Waals surface area contributed by atoms with Gasteiger partial charge in [-0.05, 0) is 100 Å². The van der Waals surface area contributed by atoms with Crippen LogP contribution in [0.2, 0.25) is 0 Å². The summed E-state index contributed by atoms with van der Waals surface area (Å²) in [5, 5.41) is 2.92. The highest BCUT2D eigenvalue weighted by atomic mass is 79.9. The molecule has 0 aliphatic carbocycles. The molecule has 0 unspecified atom stereocenters. The second kappa shape index (κ2) is 10.3. The van der Waals surface area contributed by atoms with Crippen LogP contribution in [0.25, 0.3) is 10.2 Å². The van der Waals surface area contributed by atoms with E-state index in [1.54, 1.807) is 18.2 Å². The minimum absolute atomic E-state index is 0.117. The zero-order valence-electron chi connectivity index (χ0n) is 18.2. The third kappa shape index (κ3) is 4.60. The number of halogens is 4. The molecule has 1 aliphatic heterocycles. The van der Waals surface area contributed by atoms with Crippen molar-refractivity contribution in [3.8, 4) is 0 Å². The number of carbonyl (C=O) groups excluding carboxylic acids is 3. The molecular weight excluding hydrogens is 762 g/mol. The lowest BCUT2D eigenvalue weighted by atomic mass is 10.1. The van der Waals surface area contributed by atoms with Gasteiger partial charge in [-0.25, -0.2) is 9.88 Å². The minimum Gasteiger partial charge on any atom is -0.325 e. The van der Waals surface area contributed by atoms with Crippen molar-refractivity contribution in [2.45, 2.75) is 11.3 Å². The van der Waals surface area contributed by atoms with Gasteiger partial charge in [0.15, 0.2) is 4.34 Å². The number of imide groups is 1. The standard InChI is InChI=1S/C24H13Br4N3O3S2/c1-10-4-2-3-5-12(10)29-15(32)9-35-24-30-13-7-6-11(8-14(13)36-24)31-22(33)16-17(23(31)34)19(26)21(28)20(27)18(16)25/h2-8H,9H2,1H3,(H,29,32). The van der Waals surface area contributed by atoms with Gasteiger partial charge in [0.25, 0.3) is 11.8 Å². The molecule has 0 fully saturated rings. The summed E-state index contributed by atoms with van der Waals surface area (Å²) in [7, 11) is 0. The molecule has 3 amide bonds. The van der Waals surface area contributed by atoms with E-state index in [0.717, 1.165) is 25.8 Å². The Kier molecular flexibility index (Phi) is 7.45. The molecule has 12 heteroatoms. The largest absolute Gasteiger partial charge is 0.325 e. The number of carbonyl (C=O) groups is 3. The van der Waals surface area contributed by atoms with Gasteiger partial charge in [-0.1, -0.05) is 30.0 Å². The lowest BCUT2D eigenvalue weighted by Crippen LogP contribution is -2.29. The van der Waals surface area contributed by atoms with Gasteiger partial charge in [0, 0.05) is 23.6 Å². The third-order valence-corrected chi connectivity index (χ3v) is 12.4. The first kappa shape index (κ1) is 26.1. The third-order valence-electron chi connectivity index (χ3n) is 5.46. The number of benzene rings is 3. The SMILES string of the molecule is Cc1ccccc1NC(=O)CSc1nc2ccc(N3C(=O)c4c(Br)c(Br)c(Br)c(Br)c4C3=O)cc2s1. The molecule has 4 aromatic rings. The number of amides is 3. The van der Waals surface area contributed by atoms with Gasteiger partial charge < -0.3 is 5.32 Å². The highest BCUT2D eigenvalue weighted by Gasteiger charge is 2.42. The number of thioether (sulfide) groups is 1. The first-order chi connectivity index (χ1) is 17.2. The zero-order chi connectivity index (χ0) is 25.7. The fourth-order valence-electron chi connectivity index (χ4n) is 3.70. The molecule has 0 saturated carbocycles. The average molecular weight is 775 g/mol. The summed E-state index contributed by atoms with van der Waals surface area (Å²) < 4.78 is 3.84. The number of nitrogens with one attached hydrogen (secondary N) is 1.